The molecule has 6 unspecified atom stereocenters. The van der Waals surface area contributed by atoms with Gasteiger partial charge in [0.1, 0.15) is 6.54 Å². The molecular formula is C24H39NO4. The minimum Gasteiger partial charge on any atom is -0.480 e. The van der Waals surface area contributed by atoms with E-state index in [0.29, 0.717) is 10.8 Å². The van der Waals surface area contributed by atoms with Gasteiger partial charge in [-0.15, -0.1) is 0 Å². The highest BCUT2D eigenvalue weighted by molar-refractivity contribution is 5.79. The molecule has 0 aromatic heterocycles. The number of hydrogen-bond donors (Lipinski definition) is 3. The van der Waals surface area contributed by atoms with Crippen LogP contribution in [0.5, 0.6) is 0 Å². The monoisotopic (exact) mass is 405 g/mol. The number of aliphatic carboxylic acids is 1. The molecule has 3 N–H and O–H groups in total. The second-order valence-electron chi connectivity index (χ2n) is 10.5. The van der Waals surface area contributed by atoms with Crippen molar-refractivity contribution in [1.82, 2.24) is 5.32 Å². The lowest BCUT2D eigenvalue weighted by atomic mass is 9.47. The lowest BCUT2D eigenvalue weighted by Crippen LogP contribution is -2.50. The lowest BCUT2D eigenvalue weighted by molar-refractivity contribution is -0.137. The highest BCUT2D eigenvalue weighted by Gasteiger charge is 2.57. The van der Waals surface area contributed by atoms with E-state index in [4.69, 9.17) is 5.11 Å². The van der Waals surface area contributed by atoms with Crippen LogP contribution in [0.25, 0.3) is 0 Å². The van der Waals surface area contributed by atoms with Crippen LogP contribution in [0.2, 0.25) is 0 Å². The molecule has 0 radical (unpaired) electrons. The Morgan fingerprint density at radius 2 is 1.83 bits per heavy atom. The normalized spacial score (nSPS) is 42.9. The van der Waals surface area contributed by atoms with Gasteiger partial charge in [-0.2, -0.15) is 0 Å². The van der Waals surface area contributed by atoms with E-state index in [0.717, 1.165) is 30.1 Å². The second-order valence-corrected chi connectivity index (χ2v) is 10.5. The van der Waals surface area contributed by atoms with Crippen LogP contribution in [0, 0.1) is 34.5 Å². The van der Waals surface area contributed by atoms with E-state index in [9.17, 15) is 14.7 Å². The number of rotatable bonds is 2. The molecule has 0 aromatic rings. The zero-order valence-corrected chi connectivity index (χ0v) is 18.5. The van der Waals surface area contributed by atoms with Crippen LogP contribution in [0.15, 0.2) is 11.6 Å². The molecule has 3 fully saturated rings. The molecule has 0 heterocycles. The summed E-state index contributed by atoms with van der Waals surface area (Å²) >= 11 is 0. The summed E-state index contributed by atoms with van der Waals surface area (Å²) in [5.41, 5.74) is 2.65. The zero-order chi connectivity index (χ0) is 21.4. The number of aliphatic hydroxyl groups excluding tert-OH is 1. The number of carbonyl (C=O) groups is 2. The van der Waals surface area contributed by atoms with Crippen molar-refractivity contribution in [2.24, 2.45) is 34.5 Å². The Morgan fingerprint density at radius 3 is 2.45 bits per heavy atom. The number of carbonyl (C=O) groups excluding carboxylic acids is 1. The molecule has 1 amide bonds. The maximum atomic E-state index is 10.0. The summed E-state index contributed by atoms with van der Waals surface area (Å²) in [5.74, 6) is 2.42. The number of carboxylic acids is 1. The number of fused-ring (bicyclic) bond motifs is 5. The van der Waals surface area contributed by atoms with Crippen LogP contribution in [-0.2, 0) is 9.59 Å². The number of hydrogen-bond acceptors (Lipinski definition) is 3. The fourth-order valence-corrected chi connectivity index (χ4v) is 7.17. The Balaban J connectivity index is 0.000000258. The maximum Gasteiger partial charge on any atom is 0.322 e. The molecule has 4 aliphatic carbocycles. The number of nitrogens with one attached hydrogen (secondary N) is 1. The van der Waals surface area contributed by atoms with E-state index >= 15 is 0 Å². The van der Waals surface area contributed by atoms with Crippen LogP contribution >= 0.6 is 0 Å². The Hall–Kier alpha value is -1.36. The van der Waals surface area contributed by atoms with E-state index in [1.54, 1.807) is 5.57 Å². The SMILES string of the molecule is CC(=O)NCC(=O)O.CC1CCC2C3CCC4=C[C@@H](O)CCC4(C)C3CCC12C. The molecule has 3 saturated carbocycles. The van der Waals surface area contributed by atoms with Gasteiger partial charge in [0.2, 0.25) is 5.91 Å². The predicted molar refractivity (Wildman–Crippen MR) is 113 cm³/mol. The van der Waals surface area contributed by atoms with Crippen LogP contribution in [0.1, 0.15) is 79.1 Å². The molecule has 4 aliphatic rings. The van der Waals surface area contributed by atoms with Crippen molar-refractivity contribution in [2.75, 3.05) is 6.54 Å². The summed E-state index contributed by atoms with van der Waals surface area (Å²) in [6, 6.07) is 0. The Labute approximate surface area is 175 Å². The van der Waals surface area contributed by atoms with Gasteiger partial charge < -0.3 is 15.5 Å². The lowest BCUT2D eigenvalue weighted by Gasteiger charge is -2.58. The Kier molecular flexibility index (Phi) is 6.47. The zero-order valence-electron chi connectivity index (χ0n) is 18.5. The molecule has 29 heavy (non-hydrogen) atoms. The van der Waals surface area contributed by atoms with E-state index in [-0.39, 0.29) is 18.6 Å². The summed E-state index contributed by atoms with van der Waals surface area (Å²) in [5, 5.41) is 20.1. The average molecular weight is 406 g/mol. The van der Waals surface area contributed by atoms with Crippen LogP contribution in [0.3, 0.4) is 0 Å². The number of carboxylic acid groups (broad SMARTS) is 1. The first kappa shape index (κ1) is 22.3. The van der Waals surface area contributed by atoms with Crippen LogP contribution < -0.4 is 5.32 Å². The first-order valence-electron chi connectivity index (χ1n) is 11.4. The van der Waals surface area contributed by atoms with Gasteiger partial charge in [0.15, 0.2) is 0 Å². The number of allylic oxidation sites excluding steroid dienone is 1. The average Bonchev–Trinajstić information content (AvgIpc) is 2.96. The summed E-state index contributed by atoms with van der Waals surface area (Å²) < 4.78 is 0. The molecule has 0 bridgehead atoms. The summed E-state index contributed by atoms with van der Waals surface area (Å²) in [6.07, 6.45) is 12.8. The topological polar surface area (TPSA) is 86.6 Å². The van der Waals surface area contributed by atoms with Gasteiger partial charge in [-0.05, 0) is 85.9 Å². The van der Waals surface area contributed by atoms with Gasteiger partial charge in [0, 0.05) is 6.92 Å². The largest absolute Gasteiger partial charge is 0.480 e. The molecule has 0 aromatic carbocycles. The first-order chi connectivity index (χ1) is 13.6. The van der Waals surface area contributed by atoms with Crippen LogP contribution in [0.4, 0.5) is 0 Å². The predicted octanol–water partition coefficient (Wildman–Crippen LogP) is 4.15. The van der Waals surface area contributed by atoms with E-state index in [1.807, 2.05) is 0 Å². The highest BCUT2D eigenvalue weighted by atomic mass is 16.4. The number of aliphatic hydroxyl groups is 1. The molecule has 0 aliphatic heterocycles. The molecule has 0 spiro atoms. The molecule has 5 heteroatoms. The van der Waals surface area contributed by atoms with Gasteiger partial charge in [-0.25, -0.2) is 0 Å². The van der Waals surface area contributed by atoms with Gasteiger partial charge >= 0.3 is 5.97 Å². The fourth-order valence-electron chi connectivity index (χ4n) is 7.17. The highest BCUT2D eigenvalue weighted by Crippen LogP contribution is 2.66. The summed E-state index contributed by atoms with van der Waals surface area (Å²) in [4.78, 5) is 19.7. The van der Waals surface area contributed by atoms with Crippen LogP contribution in [-0.4, -0.2) is 34.7 Å². The number of amides is 1. The van der Waals surface area contributed by atoms with Crippen molar-refractivity contribution in [3.63, 3.8) is 0 Å². The third-order valence-corrected chi connectivity index (χ3v) is 9.05. The standard InChI is InChI=1S/C20H32O.C4H7NO3/c1-13-4-7-17-16-6-5-14-12-15(21)8-10-20(14,3)18(16)9-11-19(13,17)2;1-3(6)5-2-4(7)8/h12-13,15-18,21H,4-11H2,1-3H3;2H2,1H3,(H,5,6)(H,7,8)/t13?,15-,16?,17?,18?,19?,20?;/m0./s1. The molecule has 4 rings (SSSR count). The first-order valence-corrected chi connectivity index (χ1v) is 11.4. The maximum absolute atomic E-state index is 10.0. The Morgan fingerprint density at radius 1 is 1.10 bits per heavy atom. The molecule has 0 saturated heterocycles. The van der Waals surface area contributed by atoms with Gasteiger partial charge in [-0.3, -0.25) is 9.59 Å². The third kappa shape index (κ3) is 4.26. The van der Waals surface area contributed by atoms with Crippen molar-refractivity contribution >= 4 is 11.9 Å². The molecular weight excluding hydrogens is 366 g/mol. The fraction of sp³-hybridized carbons (Fsp3) is 0.833. The van der Waals surface area contributed by atoms with Crippen molar-refractivity contribution in [2.45, 2.75) is 85.2 Å². The van der Waals surface area contributed by atoms with Crippen molar-refractivity contribution < 1.29 is 19.8 Å². The van der Waals surface area contributed by atoms with Gasteiger partial charge in [-0.1, -0.05) is 32.4 Å². The van der Waals surface area contributed by atoms with E-state index in [2.05, 4.69) is 32.2 Å². The van der Waals surface area contributed by atoms with Crippen molar-refractivity contribution in [1.29, 1.82) is 0 Å². The smallest absolute Gasteiger partial charge is 0.322 e. The third-order valence-electron chi connectivity index (χ3n) is 9.05. The van der Waals surface area contributed by atoms with Crippen molar-refractivity contribution in [3.8, 4) is 0 Å². The van der Waals surface area contributed by atoms with E-state index in [1.165, 1.54) is 51.9 Å². The van der Waals surface area contributed by atoms with Gasteiger partial charge in [0.05, 0.1) is 6.10 Å². The summed E-state index contributed by atoms with van der Waals surface area (Å²) in [6.45, 7) is 8.61. The van der Waals surface area contributed by atoms with Crippen molar-refractivity contribution in [3.05, 3.63) is 11.6 Å². The molecule has 7 atom stereocenters. The second kappa shape index (κ2) is 8.41. The molecule has 5 nitrogen and oxygen atoms in total. The quantitative estimate of drug-likeness (QED) is 0.602. The minimum absolute atomic E-state index is 0.162. The minimum atomic E-state index is -1.03. The van der Waals surface area contributed by atoms with Gasteiger partial charge in [0.25, 0.3) is 0 Å². The van der Waals surface area contributed by atoms with E-state index < -0.39 is 5.97 Å². The Bertz CT molecular complexity index is 660. The molecule has 164 valence electrons. The summed E-state index contributed by atoms with van der Waals surface area (Å²) in [7, 11) is 0.